The molecule has 0 bridgehead atoms. The van der Waals surface area contributed by atoms with Crippen LogP contribution in [0.3, 0.4) is 0 Å². The zero-order chi connectivity index (χ0) is 11.1. The number of nitrogens with zero attached hydrogens (tertiary/aromatic N) is 1. The lowest BCUT2D eigenvalue weighted by atomic mass is 10.3. The Morgan fingerprint density at radius 1 is 1.60 bits per heavy atom. The van der Waals surface area contributed by atoms with E-state index in [1.807, 2.05) is 0 Å². The molecule has 1 aromatic rings. The number of nitrogens with two attached hydrogens (primary N) is 1. The van der Waals surface area contributed by atoms with Gasteiger partial charge in [-0.2, -0.15) is 4.98 Å². The zero-order valence-corrected chi connectivity index (χ0v) is 8.34. The van der Waals surface area contributed by atoms with Gasteiger partial charge in [-0.3, -0.25) is 0 Å². The minimum absolute atomic E-state index is 0.314. The van der Waals surface area contributed by atoms with Crippen LogP contribution < -0.4 is 10.5 Å². The van der Waals surface area contributed by atoms with E-state index in [-0.39, 0.29) is 0 Å². The van der Waals surface area contributed by atoms with Crippen molar-refractivity contribution in [3.63, 3.8) is 0 Å². The van der Waals surface area contributed by atoms with Crippen molar-refractivity contribution >= 4 is 5.82 Å². The van der Waals surface area contributed by atoms with Crippen molar-refractivity contribution in [1.82, 2.24) is 4.98 Å². The Labute approximate surface area is 88.7 Å². The molecule has 0 aliphatic heterocycles. The van der Waals surface area contributed by atoms with Gasteiger partial charge in [-0.1, -0.05) is 30.9 Å². The Morgan fingerprint density at radius 3 is 3.07 bits per heavy atom. The van der Waals surface area contributed by atoms with Gasteiger partial charge in [-0.05, 0) is 6.07 Å². The van der Waals surface area contributed by atoms with E-state index >= 15 is 0 Å². The monoisotopic (exact) mass is 206 g/mol. The third kappa shape index (κ3) is 4.28. The van der Waals surface area contributed by atoms with Crippen LogP contribution in [0.15, 0.2) is 43.0 Å². The molecule has 0 saturated carbocycles. The molecule has 3 N–H and O–H groups in total. The van der Waals surface area contributed by atoms with Gasteiger partial charge in [-0.15, -0.1) is 0 Å². The summed E-state index contributed by atoms with van der Waals surface area (Å²) >= 11 is 0. The number of pyridine rings is 1. The fourth-order valence-corrected chi connectivity index (χ4v) is 0.975. The Bertz CT molecular complexity index is 350. The molecule has 4 nitrogen and oxygen atoms in total. The smallest absolute Gasteiger partial charge is 0.217 e. The first-order valence-corrected chi connectivity index (χ1v) is 4.57. The van der Waals surface area contributed by atoms with Gasteiger partial charge < -0.3 is 15.6 Å². The average Bonchev–Trinajstić information content (AvgIpc) is 2.18. The van der Waals surface area contributed by atoms with Crippen LogP contribution >= 0.6 is 0 Å². The van der Waals surface area contributed by atoms with Gasteiger partial charge in [0.15, 0.2) is 0 Å². The highest BCUT2D eigenvalue weighted by atomic mass is 16.6. The second kappa shape index (κ2) is 5.82. The van der Waals surface area contributed by atoms with Crippen molar-refractivity contribution in [2.45, 2.75) is 12.7 Å². The number of aliphatic hydroxyl groups excluding tert-OH is 1. The van der Waals surface area contributed by atoms with Gasteiger partial charge in [0.2, 0.25) is 12.2 Å². The van der Waals surface area contributed by atoms with Crippen LogP contribution in [0.2, 0.25) is 0 Å². The van der Waals surface area contributed by atoms with E-state index in [9.17, 15) is 5.11 Å². The summed E-state index contributed by atoms with van der Waals surface area (Å²) < 4.78 is 5.12. The molecule has 0 radical (unpaired) electrons. The fraction of sp³-hybridized carbons (Fsp3) is 0.182. The number of hydrogen-bond acceptors (Lipinski definition) is 4. The highest BCUT2D eigenvalue weighted by Crippen LogP contribution is 2.11. The Hall–Kier alpha value is -1.81. The molecular formula is C11H14N2O2. The predicted octanol–water partition coefficient (Wildman–Crippen LogP) is 1.49. The minimum atomic E-state index is -0.921. The summed E-state index contributed by atoms with van der Waals surface area (Å²) in [5.41, 5.74) is 5.46. The van der Waals surface area contributed by atoms with E-state index in [1.54, 1.807) is 36.4 Å². The Kier molecular flexibility index (Phi) is 4.37. The molecule has 1 heterocycles. The summed E-state index contributed by atoms with van der Waals surface area (Å²) in [7, 11) is 0. The maximum Gasteiger partial charge on any atom is 0.217 e. The first-order chi connectivity index (χ1) is 7.22. The Balaban J connectivity index is 2.47. The van der Waals surface area contributed by atoms with Gasteiger partial charge in [0.25, 0.3) is 0 Å². The van der Waals surface area contributed by atoms with Crippen molar-refractivity contribution in [3.8, 4) is 5.88 Å². The molecule has 0 aliphatic rings. The van der Waals surface area contributed by atoms with Crippen molar-refractivity contribution in [2.24, 2.45) is 0 Å². The van der Waals surface area contributed by atoms with Gasteiger partial charge in [0.05, 0.1) is 0 Å². The van der Waals surface area contributed by atoms with Crippen molar-refractivity contribution in [1.29, 1.82) is 0 Å². The number of nitrogen functional groups attached to an aromatic ring is 1. The molecule has 0 aliphatic carbocycles. The van der Waals surface area contributed by atoms with E-state index in [0.29, 0.717) is 18.1 Å². The molecule has 0 saturated heterocycles. The lowest BCUT2D eigenvalue weighted by Crippen LogP contribution is -2.15. The van der Waals surface area contributed by atoms with Crippen LogP contribution in [-0.4, -0.2) is 16.4 Å². The number of rotatable bonds is 5. The fourth-order valence-electron chi connectivity index (χ4n) is 0.975. The maximum atomic E-state index is 9.43. The Morgan fingerprint density at radius 2 is 2.40 bits per heavy atom. The number of aliphatic hydroxyl groups is 1. The summed E-state index contributed by atoms with van der Waals surface area (Å²) in [6.45, 7) is 3.51. The molecule has 0 amide bonds. The zero-order valence-electron chi connectivity index (χ0n) is 8.34. The summed E-state index contributed by atoms with van der Waals surface area (Å²) in [6.07, 6.45) is 4.58. The maximum absolute atomic E-state index is 9.43. The first-order valence-electron chi connectivity index (χ1n) is 4.57. The van der Waals surface area contributed by atoms with Crippen molar-refractivity contribution < 1.29 is 9.84 Å². The average molecular weight is 206 g/mol. The van der Waals surface area contributed by atoms with Crippen LogP contribution in [0, 0.1) is 0 Å². The van der Waals surface area contributed by atoms with Gasteiger partial charge in [0, 0.05) is 12.5 Å². The third-order valence-corrected chi connectivity index (χ3v) is 1.61. The van der Waals surface area contributed by atoms with Crippen molar-refractivity contribution in [3.05, 3.63) is 43.0 Å². The predicted molar refractivity (Wildman–Crippen MR) is 59.2 cm³/mol. The molecule has 80 valence electrons. The number of anilines is 1. The van der Waals surface area contributed by atoms with Gasteiger partial charge >= 0.3 is 0 Å². The summed E-state index contributed by atoms with van der Waals surface area (Å²) in [5.74, 6) is 0.677. The normalized spacial score (nSPS) is 12.6. The van der Waals surface area contributed by atoms with Crippen LogP contribution in [0.4, 0.5) is 5.82 Å². The second-order valence-corrected chi connectivity index (χ2v) is 2.87. The molecule has 0 fully saturated rings. The molecule has 15 heavy (non-hydrogen) atoms. The summed E-state index contributed by atoms with van der Waals surface area (Å²) in [5, 5.41) is 9.43. The first kappa shape index (κ1) is 11.3. The quantitative estimate of drug-likeness (QED) is 0.565. The molecule has 1 rings (SSSR count). The number of ether oxygens (including phenoxy) is 1. The topological polar surface area (TPSA) is 68.4 Å². The molecule has 1 aromatic heterocycles. The molecule has 0 aromatic carbocycles. The van der Waals surface area contributed by atoms with E-state index in [1.165, 1.54) is 0 Å². The highest BCUT2D eigenvalue weighted by molar-refractivity contribution is 5.31. The summed E-state index contributed by atoms with van der Waals surface area (Å²) in [6, 6.07) is 5.00. The minimum Gasteiger partial charge on any atom is -0.448 e. The largest absolute Gasteiger partial charge is 0.448 e. The van der Waals surface area contributed by atoms with Crippen LogP contribution in [0.5, 0.6) is 5.88 Å². The number of hydrogen-bond donors (Lipinski definition) is 2. The van der Waals surface area contributed by atoms with E-state index in [4.69, 9.17) is 10.5 Å². The lowest BCUT2D eigenvalue weighted by molar-refractivity contribution is -0.0168. The van der Waals surface area contributed by atoms with Crippen LogP contribution in [0.1, 0.15) is 6.42 Å². The van der Waals surface area contributed by atoms with Crippen LogP contribution in [-0.2, 0) is 0 Å². The van der Waals surface area contributed by atoms with E-state index < -0.39 is 6.29 Å². The summed E-state index contributed by atoms with van der Waals surface area (Å²) in [4.78, 5) is 3.89. The third-order valence-electron chi connectivity index (χ3n) is 1.61. The highest BCUT2D eigenvalue weighted by Gasteiger charge is 2.04. The van der Waals surface area contributed by atoms with E-state index in [0.717, 1.165) is 0 Å². The standard InChI is InChI=1S/C11H14N2O2/c1-2-3-4-8-11(14)15-10-7-5-6-9(12)13-10/h2-7,11,14H,1,8H2,(H2,12,13)/b4-3-. The molecule has 4 heteroatoms. The number of aromatic nitrogens is 1. The van der Waals surface area contributed by atoms with Gasteiger partial charge in [0.1, 0.15) is 5.82 Å². The van der Waals surface area contributed by atoms with Gasteiger partial charge in [-0.25, -0.2) is 0 Å². The number of allylic oxidation sites excluding steroid dienone is 2. The molecule has 1 atom stereocenters. The second-order valence-electron chi connectivity index (χ2n) is 2.87. The SMILES string of the molecule is C=C/C=C\CC(O)Oc1cccc(N)n1. The molecule has 1 unspecified atom stereocenters. The van der Waals surface area contributed by atoms with Crippen LogP contribution in [0.25, 0.3) is 0 Å². The molecular weight excluding hydrogens is 192 g/mol. The van der Waals surface area contributed by atoms with Crippen molar-refractivity contribution in [2.75, 3.05) is 5.73 Å². The lowest BCUT2D eigenvalue weighted by Gasteiger charge is -2.10. The molecule has 0 spiro atoms. The van der Waals surface area contributed by atoms with E-state index in [2.05, 4.69) is 11.6 Å².